The summed E-state index contributed by atoms with van der Waals surface area (Å²) in [4.78, 5) is 28.1. The van der Waals surface area contributed by atoms with Gasteiger partial charge >= 0.3 is 6.03 Å². The Morgan fingerprint density at radius 1 is 1.04 bits per heavy atom. The van der Waals surface area contributed by atoms with Gasteiger partial charge in [-0.2, -0.15) is 0 Å². The van der Waals surface area contributed by atoms with Crippen molar-refractivity contribution in [2.75, 3.05) is 54.4 Å². The van der Waals surface area contributed by atoms with Gasteiger partial charge in [0.15, 0.2) is 0 Å². The molecule has 0 aliphatic carbocycles. The van der Waals surface area contributed by atoms with Crippen molar-refractivity contribution in [3.05, 3.63) is 29.4 Å². The molecular formula is C18H24N6OS. The molecule has 2 saturated heterocycles. The van der Waals surface area contributed by atoms with E-state index in [4.69, 9.17) is 0 Å². The van der Waals surface area contributed by atoms with Gasteiger partial charge in [-0.3, -0.25) is 5.32 Å². The van der Waals surface area contributed by atoms with E-state index in [1.165, 1.54) is 24.2 Å². The minimum Gasteiger partial charge on any atom is -0.356 e. The summed E-state index contributed by atoms with van der Waals surface area (Å²) in [5, 5.41) is 5.81. The number of rotatable bonds is 3. The average Bonchev–Trinajstić information content (AvgIpc) is 3.35. The molecular weight excluding hydrogens is 348 g/mol. The van der Waals surface area contributed by atoms with Gasteiger partial charge in [-0.25, -0.2) is 14.8 Å². The van der Waals surface area contributed by atoms with E-state index >= 15 is 0 Å². The van der Waals surface area contributed by atoms with E-state index in [1.807, 2.05) is 29.3 Å². The van der Waals surface area contributed by atoms with E-state index in [1.54, 1.807) is 0 Å². The highest BCUT2D eigenvalue weighted by atomic mass is 32.1. The standard InChI is InChI=1S/C18H24N6OS/c1-14-19-15(22-6-2-3-7-22)13-16(20-14)23-8-10-24(11-9-23)18(25)21-17-5-4-12-26-17/h4-5,12-13H,2-3,6-11H2,1H3,(H,21,25). The summed E-state index contributed by atoms with van der Waals surface area (Å²) in [6.07, 6.45) is 2.47. The minimum absolute atomic E-state index is 0.0243. The van der Waals surface area contributed by atoms with Crippen molar-refractivity contribution >= 4 is 34.0 Å². The summed E-state index contributed by atoms with van der Waals surface area (Å²) >= 11 is 1.54. The Morgan fingerprint density at radius 2 is 1.69 bits per heavy atom. The van der Waals surface area contributed by atoms with Gasteiger partial charge in [-0.1, -0.05) is 0 Å². The molecule has 0 unspecified atom stereocenters. The second kappa shape index (κ2) is 7.49. The number of nitrogens with one attached hydrogen (secondary N) is 1. The lowest BCUT2D eigenvalue weighted by molar-refractivity contribution is 0.208. The van der Waals surface area contributed by atoms with Crippen LogP contribution in [0.2, 0.25) is 0 Å². The quantitative estimate of drug-likeness (QED) is 0.898. The van der Waals surface area contributed by atoms with Gasteiger partial charge in [0.2, 0.25) is 0 Å². The van der Waals surface area contributed by atoms with Crippen LogP contribution >= 0.6 is 11.3 Å². The number of carbonyl (C=O) groups is 1. The molecule has 0 aromatic carbocycles. The van der Waals surface area contributed by atoms with Crippen molar-refractivity contribution < 1.29 is 4.79 Å². The topological polar surface area (TPSA) is 64.6 Å². The normalized spacial score (nSPS) is 17.7. The number of aryl methyl sites for hydroxylation is 1. The van der Waals surface area contributed by atoms with E-state index in [9.17, 15) is 4.79 Å². The molecule has 0 bridgehead atoms. The fraction of sp³-hybridized carbons (Fsp3) is 0.500. The fourth-order valence-electron chi connectivity index (χ4n) is 3.48. The summed E-state index contributed by atoms with van der Waals surface area (Å²) in [7, 11) is 0. The highest BCUT2D eigenvalue weighted by Crippen LogP contribution is 2.23. The molecule has 26 heavy (non-hydrogen) atoms. The summed E-state index contributed by atoms with van der Waals surface area (Å²) < 4.78 is 0. The van der Waals surface area contributed by atoms with Crippen LogP contribution in [0.4, 0.5) is 21.4 Å². The Balaban J connectivity index is 1.39. The second-order valence-electron chi connectivity index (χ2n) is 6.71. The van der Waals surface area contributed by atoms with Crippen molar-refractivity contribution in [3.8, 4) is 0 Å². The van der Waals surface area contributed by atoms with Crippen LogP contribution in [0.3, 0.4) is 0 Å². The third kappa shape index (κ3) is 3.75. The number of piperazine rings is 1. The van der Waals surface area contributed by atoms with Crippen LogP contribution in [-0.2, 0) is 0 Å². The molecule has 2 fully saturated rings. The lowest BCUT2D eigenvalue weighted by Gasteiger charge is -2.35. The first kappa shape index (κ1) is 17.1. The Bertz CT molecular complexity index is 751. The van der Waals surface area contributed by atoms with Crippen LogP contribution in [0.15, 0.2) is 23.6 Å². The first-order chi connectivity index (χ1) is 12.7. The monoisotopic (exact) mass is 372 g/mol. The van der Waals surface area contributed by atoms with E-state index in [-0.39, 0.29) is 6.03 Å². The predicted octanol–water partition coefficient (Wildman–Crippen LogP) is 2.80. The SMILES string of the molecule is Cc1nc(N2CCCC2)cc(N2CCN(C(=O)Nc3cccs3)CC2)n1. The Labute approximate surface area is 157 Å². The third-order valence-corrected chi connectivity index (χ3v) is 5.67. The van der Waals surface area contributed by atoms with Gasteiger partial charge in [-0.05, 0) is 37.3 Å². The minimum atomic E-state index is -0.0243. The number of carbonyl (C=O) groups excluding carboxylic acids is 1. The van der Waals surface area contributed by atoms with E-state index < -0.39 is 0 Å². The lowest BCUT2D eigenvalue weighted by Crippen LogP contribution is -2.50. The zero-order valence-corrected chi connectivity index (χ0v) is 15.8. The number of thiophene rings is 1. The molecule has 2 aromatic rings. The maximum atomic E-state index is 12.4. The number of hydrogen-bond donors (Lipinski definition) is 1. The number of urea groups is 1. The zero-order chi connectivity index (χ0) is 17.9. The maximum absolute atomic E-state index is 12.4. The van der Waals surface area contributed by atoms with E-state index in [0.29, 0.717) is 13.1 Å². The van der Waals surface area contributed by atoms with Gasteiger partial charge in [0.05, 0.1) is 5.00 Å². The number of nitrogens with zero attached hydrogens (tertiary/aromatic N) is 5. The molecule has 138 valence electrons. The van der Waals surface area contributed by atoms with Gasteiger partial charge in [0, 0.05) is 45.3 Å². The molecule has 0 saturated carbocycles. The molecule has 2 amide bonds. The van der Waals surface area contributed by atoms with Crippen LogP contribution in [0.25, 0.3) is 0 Å². The molecule has 2 aliphatic rings. The molecule has 0 radical (unpaired) electrons. The highest BCUT2D eigenvalue weighted by molar-refractivity contribution is 7.14. The molecule has 4 rings (SSSR count). The first-order valence-electron chi connectivity index (χ1n) is 9.14. The summed E-state index contributed by atoms with van der Waals surface area (Å²) in [6, 6.07) is 5.93. The van der Waals surface area contributed by atoms with Crippen molar-refractivity contribution in [1.29, 1.82) is 0 Å². The zero-order valence-electron chi connectivity index (χ0n) is 15.0. The Hall–Kier alpha value is -2.35. The van der Waals surface area contributed by atoms with Crippen LogP contribution in [0, 0.1) is 6.92 Å². The van der Waals surface area contributed by atoms with E-state index in [0.717, 1.165) is 48.6 Å². The molecule has 0 spiro atoms. The maximum Gasteiger partial charge on any atom is 0.322 e. The number of amides is 2. The molecule has 2 aromatic heterocycles. The Morgan fingerprint density at radius 3 is 2.31 bits per heavy atom. The molecule has 1 N–H and O–H groups in total. The van der Waals surface area contributed by atoms with Crippen LogP contribution in [0.1, 0.15) is 18.7 Å². The third-order valence-electron chi connectivity index (χ3n) is 4.88. The van der Waals surface area contributed by atoms with Gasteiger partial charge in [0.1, 0.15) is 17.5 Å². The number of hydrogen-bond acceptors (Lipinski definition) is 6. The number of anilines is 3. The van der Waals surface area contributed by atoms with Crippen molar-refractivity contribution in [2.45, 2.75) is 19.8 Å². The van der Waals surface area contributed by atoms with Gasteiger partial charge < -0.3 is 14.7 Å². The Kier molecular flexibility index (Phi) is 4.92. The fourth-order valence-corrected chi connectivity index (χ4v) is 4.09. The molecule has 7 nitrogen and oxygen atoms in total. The molecule has 0 atom stereocenters. The summed E-state index contributed by atoms with van der Waals surface area (Å²) in [6.45, 7) is 7.06. The average molecular weight is 372 g/mol. The largest absolute Gasteiger partial charge is 0.356 e. The van der Waals surface area contributed by atoms with Gasteiger partial charge in [0.25, 0.3) is 0 Å². The summed E-state index contributed by atoms with van der Waals surface area (Å²) in [5.74, 6) is 2.81. The van der Waals surface area contributed by atoms with E-state index in [2.05, 4.69) is 31.2 Å². The predicted molar refractivity (Wildman–Crippen MR) is 105 cm³/mol. The van der Waals surface area contributed by atoms with Crippen molar-refractivity contribution in [1.82, 2.24) is 14.9 Å². The molecule has 8 heteroatoms. The van der Waals surface area contributed by atoms with Crippen LogP contribution in [0.5, 0.6) is 0 Å². The van der Waals surface area contributed by atoms with Crippen LogP contribution < -0.4 is 15.1 Å². The van der Waals surface area contributed by atoms with Gasteiger partial charge in [-0.15, -0.1) is 11.3 Å². The second-order valence-corrected chi connectivity index (χ2v) is 7.65. The van der Waals surface area contributed by atoms with Crippen molar-refractivity contribution in [2.24, 2.45) is 0 Å². The van der Waals surface area contributed by atoms with Crippen LogP contribution in [-0.4, -0.2) is 60.2 Å². The van der Waals surface area contributed by atoms with Crippen molar-refractivity contribution in [3.63, 3.8) is 0 Å². The highest BCUT2D eigenvalue weighted by Gasteiger charge is 2.23. The summed E-state index contributed by atoms with van der Waals surface area (Å²) in [5.41, 5.74) is 0. The molecule has 2 aliphatic heterocycles. The lowest BCUT2D eigenvalue weighted by atomic mass is 10.3. The smallest absolute Gasteiger partial charge is 0.322 e. The molecule has 4 heterocycles. The number of aromatic nitrogens is 2. The first-order valence-corrected chi connectivity index (χ1v) is 10.0.